The summed E-state index contributed by atoms with van der Waals surface area (Å²) in [5, 5.41) is 2.41. The summed E-state index contributed by atoms with van der Waals surface area (Å²) in [5.41, 5.74) is -1.17. The molecule has 1 aliphatic carbocycles. The van der Waals surface area contributed by atoms with Crippen LogP contribution < -0.4 is 5.32 Å². The lowest BCUT2D eigenvalue weighted by molar-refractivity contribution is -0.154. The van der Waals surface area contributed by atoms with Crippen molar-refractivity contribution in [3.05, 3.63) is 0 Å². The third-order valence-corrected chi connectivity index (χ3v) is 3.98. The maximum absolute atomic E-state index is 12.4. The molecule has 1 rings (SSSR count). The summed E-state index contributed by atoms with van der Waals surface area (Å²) in [6, 6.07) is 0. The smallest absolute Gasteiger partial charge is 0.401 e. The highest BCUT2D eigenvalue weighted by atomic mass is 19.4. The summed E-state index contributed by atoms with van der Waals surface area (Å²) in [5.74, 6) is -0.0901. The first kappa shape index (κ1) is 16.3. The molecule has 6 heteroatoms. The Bertz CT molecular complexity index is 307. The van der Waals surface area contributed by atoms with Crippen LogP contribution in [0.3, 0.4) is 0 Å². The van der Waals surface area contributed by atoms with Gasteiger partial charge in [0.25, 0.3) is 0 Å². The van der Waals surface area contributed by atoms with E-state index in [1.165, 1.54) is 7.11 Å². The second kappa shape index (κ2) is 6.59. The number of nitrogens with one attached hydrogen (secondary N) is 1. The van der Waals surface area contributed by atoms with Gasteiger partial charge in [-0.3, -0.25) is 10.1 Å². The molecule has 3 nitrogen and oxygen atoms in total. The topological polar surface area (TPSA) is 38.3 Å². The van der Waals surface area contributed by atoms with Gasteiger partial charge >= 0.3 is 12.1 Å². The van der Waals surface area contributed by atoms with Gasteiger partial charge in [-0.15, -0.1) is 0 Å². The van der Waals surface area contributed by atoms with E-state index in [1.54, 1.807) is 0 Å². The number of carbonyl (C=O) groups is 1. The van der Waals surface area contributed by atoms with Gasteiger partial charge in [-0.2, -0.15) is 13.2 Å². The lowest BCUT2D eigenvalue weighted by Gasteiger charge is -2.31. The van der Waals surface area contributed by atoms with Crippen molar-refractivity contribution >= 4 is 5.97 Å². The van der Waals surface area contributed by atoms with Crippen LogP contribution in [0.5, 0.6) is 0 Å². The molecule has 1 N–H and O–H groups in total. The van der Waals surface area contributed by atoms with E-state index in [9.17, 15) is 18.0 Å². The normalized spacial score (nSPS) is 28.8. The van der Waals surface area contributed by atoms with Crippen LogP contribution in [0.15, 0.2) is 0 Å². The van der Waals surface area contributed by atoms with E-state index < -0.39 is 24.2 Å². The van der Waals surface area contributed by atoms with Gasteiger partial charge in [0.05, 0.1) is 13.7 Å². The third kappa shape index (κ3) is 4.67. The summed E-state index contributed by atoms with van der Waals surface area (Å²) in [4.78, 5) is 11.9. The molecule has 0 bridgehead atoms. The number of alkyl halides is 3. The zero-order valence-corrected chi connectivity index (χ0v) is 11.5. The van der Waals surface area contributed by atoms with Crippen molar-refractivity contribution in [1.29, 1.82) is 0 Å². The molecule has 0 aliphatic heterocycles. The SMILES string of the molecule is CCC1CCCC(NCC(F)(F)F)(C(=O)OC)CC1. The molecule has 2 atom stereocenters. The van der Waals surface area contributed by atoms with Crippen molar-refractivity contribution < 1.29 is 22.7 Å². The molecule has 0 aromatic rings. The molecule has 0 aromatic heterocycles. The fourth-order valence-electron chi connectivity index (χ4n) is 2.74. The van der Waals surface area contributed by atoms with Crippen molar-refractivity contribution in [2.24, 2.45) is 5.92 Å². The van der Waals surface area contributed by atoms with Crippen LogP contribution in [-0.4, -0.2) is 31.3 Å². The van der Waals surface area contributed by atoms with E-state index in [1.807, 2.05) is 0 Å². The molecular formula is C13H22F3NO2. The van der Waals surface area contributed by atoms with Gasteiger partial charge in [-0.1, -0.05) is 26.2 Å². The fourth-order valence-corrected chi connectivity index (χ4v) is 2.74. The molecule has 1 aliphatic rings. The number of carbonyl (C=O) groups excluding carboxylic acids is 1. The Hall–Kier alpha value is -0.780. The zero-order chi connectivity index (χ0) is 14.5. The van der Waals surface area contributed by atoms with Crippen molar-refractivity contribution in [1.82, 2.24) is 5.32 Å². The average Bonchev–Trinajstić information content (AvgIpc) is 2.57. The predicted molar refractivity (Wildman–Crippen MR) is 65.7 cm³/mol. The summed E-state index contributed by atoms with van der Waals surface area (Å²) in [6.07, 6.45) is -0.0353. The molecule has 0 aromatic carbocycles. The zero-order valence-electron chi connectivity index (χ0n) is 11.5. The van der Waals surface area contributed by atoms with E-state index in [0.29, 0.717) is 18.8 Å². The van der Waals surface area contributed by atoms with Crippen molar-refractivity contribution in [2.75, 3.05) is 13.7 Å². The van der Waals surface area contributed by atoms with Gasteiger partial charge in [-0.25, -0.2) is 0 Å². The van der Waals surface area contributed by atoms with Crippen LogP contribution >= 0.6 is 0 Å². The number of esters is 1. The maximum atomic E-state index is 12.4. The quantitative estimate of drug-likeness (QED) is 0.636. The van der Waals surface area contributed by atoms with E-state index in [2.05, 4.69) is 12.2 Å². The molecule has 2 unspecified atom stereocenters. The Morgan fingerprint density at radius 2 is 2.05 bits per heavy atom. The Labute approximate surface area is 111 Å². The van der Waals surface area contributed by atoms with E-state index in [-0.39, 0.29) is 0 Å². The Morgan fingerprint density at radius 1 is 1.37 bits per heavy atom. The standard InChI is InChI=1S/C13H22F3NO2/c1-3-10-5-4-7-12(8-6-10,11(18)19-2)17-9-13(14,15)16/h10,17H,3-9H2,1-2H3. The highest BCUT2D eigenvalue weighted by molar-refractivity contribution is 5.80. The van der Waals surface area contributed by atoms with Crippen LogP contribution in [0, 0.1) is 5.92 Å². The average molecular weight is 281 g/mol. The van der Waals surface area contributed by atoms with Crippen LogP contribution in [0.25, 0.3) is 0 Å². The largest absolute Gasteiger partial charge is 0.468 e. The Balaban J connectivity index is 2.78. The summed E-state index contributed by atoms with van der Waals surface area (Å²) < 4.78 is 41.8. The van der Waals surface area contributed by atoms with E-state index >= 15 is 0 Å². The number of hydrogen-bond donors (Lipinski definition) is 1. The fraction of sp³-hybridized carbons (Fsp3) is 0.923. The van der Waals surface area contributed by atoms with Crippen LogP contribution in [0.2, 0.25) is 0 Å². The van der Waals surface area contributed by atoms with Crippen LogP contribution in [0.4, 0.5) is 13.2 Å². The summed E-state index contributed by atoms with van der Waals surface area (Å²) in [7, 11) is 1.22. The minimum Gasteiger partial charge on any atom is -0.468 e. The molecule has 19 heavy (non-hydrogen) atoms. The second-order valence-corrected chi connectivity index (χ2v) is 5.25. The van der Waals surface area contributed by atoms with Crippen LogP contribution in [-0.2, 0) is 9.53 Å². The molecule has 0 radical (unpaired) electrons. The van der Waals surface area contributed by atoms with Crippen molar-refractivity contribution in [2.45, 2.75) is 57.2 Å². The second-order valence-electron chi connectivity index (χ2n) is 5.25. The van der Waals surface area contributed by atoms with Crippen molar-refractivity contribution in [3.63, 3.8) is 0 Å². The highest BCUT2D eigenvalue weighted by Crippen LogP contribution is 2.33. The first-order valence-electron chi connectivity index (χ1n) is 6.73. The van der Waals surface area contributed by atoms with E-state index in [0.717, 1.165) is 25.7 Å². The summed E-state index contributed by atoms with van der Waals surface area (Å²) in [6.45, 7) is 0.915. The van der Waals surface area contributed by atoms with Crippen LogP contribution in [0.1, 0.15) is 45.4 Å². The number of rotatable bonds is 4. The summed E-state index contributed by atoms with van der Waals surface area (Å²) >= 11 is 0. The minimum atomic E-state index is -4.32. The van der Waals surface area contributed by atoms with Crippen molar-refractivity contribution in [3.8, 4) is 0 Å². The lowest BCUT2D eigenvalue weighted by atomic mass is 9.89. The van der Waals surface area contributed by atoms with Gasteiger partial charge in [0.2, 0.25) is 0 Å². The lowest BCUT2D eigenvalue weighted by Crippen LogP contribution is -2.55. The van der Waals surface area contributed by atoms with Gasteiger partial charge in [0, 0.05) is 0 Å². The Morgan fingerprint density at radius 3 is 2.58 bits per heavy atom. The van der Waals surface area contributed by atoms with E-state index in [4.69, 9.17) is 4.74 Å². The first-order chi connectivity index (χ1) is 8.83. The number of hydrogen-bond acceptors (Lipinski definition) is 3. The molecule has 1 saturated carbocycles. The predicted octanol–water partition coefficient (Wildman–Crippen LogP) is 3.04. The number of halogens is 3. The molecule has 0 amide bonds. The van der Waals surface area contributed by atoms with Gasteiger partial charge in [-0.05, 0) is 25.2 Å². The minimum absolute atomic E-state index is 0.409. The Kier molecular flexibility index (Phi) is 5.64. The van der Waals surface area contributed by atoms with Gasteiger partial charge in [0.15, 0.2) is 0 Å². The molecule has 0 heterocycles. The highest BCUT2D eigenvalue weighted by Gasteiger charge is 2.43. The number of ether oxygens (including phenoxy) is 1. The molecule has 112 valence electrons. The van der Waals surface area contributed by atoms with Gasteiger partial charge in [0.1, 0.15) is 5.54 Å². The first-order valence-corrected chi connectivity index (χ1v) is 6.73. The molecule has 1 fully saturated rings. The molecular weight excluding hydrogens is 259 g/mol. The maximum Gasteiger partial charge on any atom is 0.401 e. The molecule has 0 saturated heterocycles. The third-order valence-electron chi connectivity index (χ3n) is 3.98. The van der Waals surface area contributed by atoms with Gasteiger partial charge < -0.3 is 4.74 Å². The number of methoxy groups -OCH3 is 1. The molecule has 0 spiro atoms. The monoisotopic (exact) mass is 281 g/mol.